The summed E-state index contributed by atoms with van der Waals surface area (Å²) in [7, 11) is 0. The number of nitrogens with zero attached hydrogens (tertiary/aromatic N) is 1. The van der Waals surface area contributed by atoms with E-state index in [2.05, 4.69) is 32.6 Å². The van der Waals surface area contributed by atoms with Crippen LogP contribution in [-0.2, 0) is 4.79 Å². The van der Waals surface area contributed by atoms with Gasteiger partial charge in [-0.25, -0.2) is 0 Å². The van der Waals surface area contributed by atoms with Gasteiger partial charge in [-0.15, -0.1) is 0 Å². The minimum Gasteiger partial charge on any atom is -0.339 e. The zero-order valence-electron chi connectivity index (χ0n) is 13.1. The van der Waals surface area contributed by atoms with Gasteiger partial charge < -0.3 is 4.90 Å². The maximum Gasteiger partial charge on any atom is 0.229 e. The lowest BCUT2D eigenvalue weighted by Gasteiger charge is -2.32. The molecule has 2 rings (SSSR count). The standard InChI is InChI=1S/C14H25NO.C2H6/c1-10(2)12-6-5-9-15(12)13(16)14(7-8-14)11(3)4;1-2/h10-12H,5-9H2,1-4H3;1-2H3. The van der Waals surface area contributed by atoms with E-state index in [1.165, 1.54) is 12.8 Å². The molecular weight excluding hydrogens is 222 g/mol. The molecule has 1 aliphatic heterocycles. The van der Waals surface area contributed by atoms with Gasteiger partial charge >= 0.3 is 0 Å². The van der Waals surface area contributed by atoms with Crippen molar-refractivity contribution in [2.24, 2.45) is 17.3 Å². The molecule has 1 saturated carbocycles. The van der Waals surface area contributed by atoms with E-state index < -0.39 is 0 Å². The van der Waals surface area contributed by atoms with Crippen molar-refractivity contribution in [3.8, 4) is 0 Å². The van der Waals surface area contributed by atoms with E-state index in [9.17, 15) is 4.79 Å². The molecule has 0 bridgehead atoms. The van der Waals surface area contributed by atoms with Crippen LogP contribution in [0.2, 0.25) is 0 Å². The Bertz CT molecular complexity index is 279. The van der Waals surface area contributed by atoms with Crippen LogP contribution < -0.4 is 0 Å². The van der Waals surface area contributed by atoms with Crippen molar-refractivity contribution in [1.82, 2.24) is 4.90 Å². The lowest BCUT2D eigenvalue weighted by Crippen LogP contribution is -2.44. The Kier molecular flexibility index (Phi) is 5.24. The molecule has 106 valence electrons. The lowest BCUT2D eigenvalue weighted by molar-refractivity contribution is -0.140. The molecule has 0 radical (unpaired) electrons. The quantitative estimate of drug-likeness (QED) is 0.741. The summed E-state index contributed by atoms with van der Waals surface area (Å²) >= 11 is 0. The van der Waals surface area contributed by atoms with E-state index in [1.54, 1.807) is 0 Å². The molecule has 1 saturated heterocycles. The van der Waals surface area contributed by atoms with Crippen molar-refractivity contribution in [3.63, 3.8) is 0 Å². The van der Waals surface area contributed by atoms with Crippen molar-refractivity contribution in [3.05, 3.63) is 0 Å². The highest BCUT2D eigenvalue weighted by molar-refractivity contribution is 5.86. The average Bonchev–Trinajstić information content (AvgIpc) is 3.01. The maximum absolute atomic E-state index is 12.6. The molecule has 1 unspecified atom stereocenters. The molecule has 2 nitrogen and oxygen atoms in total. The first kappa shape index (κ1) is 15.5. The molecule has 2 aliphatic rings. The van der Waals surface area contributed by atoms with Crippen LogP contribution in [0.5, 0.6) is 0 Å². The average molecular weight is 253 g/mol. The summed E-state index contributed by atoms with van der Waals surface area (Å²) in [4.78, 5) is 14.8. The SMILES string of the molecule is CC.CC(C)C1CCCN1C(=O)C1(C(C)C)CC1. The van der Waals surface area contributed by atoms with Crippen molar-refractivity contribution in [1.29, 1.82) is 0 Å². The Balaban J connectivity index is 0.000000771. The number of hydrogen-bond acceptors (Lipinski definition) is 1. The second-order valence-electron chi connectivity index (χ2n) is 6.26. The van der Waals surface area contributed by atoms with Gasteiger partial charge in [0.05, 0.1) is 5.41 Å². The summed E-state index contributed by atoms with van der Waals surface area (Å²) in [5, 5.41) is 0. The molecule has 2 heteroatoms. The molecule has 0 spiro atoms. The second kappa shape index (κ2) is 6.08. The van der Waals surface area contributed by atoms with Gasteiger partial charge in [-0.1, -0.05) is 41.5 Å². The number of carbonyl (C=O) groups excluding carboxylic acids is 1. The number of carbonyl (C=O) groups is 1. The number of hydrogen-bond donors (Lipinski definition) is 0. The topological polar surface area (TPSA) is 20.3 Å². The van der Waals surface area contributed by atoms with Gasteiger partial charge in [0.15, 0.2) is 0 Å². The van der Waals surface area contributed by atoms with Gasteiger partial charge in [-0.05, 0) is 37.5 Å². The van der Waals surface area contributed by atoms with Crippen molar-refractivity contribution in [2.75, 3.05) is 6.54 Å². The zero-order valence-corrected chi connectivity index (χ0v) is 13.1. The van der Waals surface area contributed by atoms with Crippen LogP contribution in [0.3, 0.4) is 0 Å². The summed E-state index contributed by atoms with van der Waals surface area (Å²) in [6.45, 7) is 13.9. The van der Waals surface area contributed by atoms with Gasteiger partial charge in [0, 0.05) is 12.6 Å². The first-order valence-electron chi connectivity index (χ1n) is 7.80. The summed E-state index contributed by atoms with van der Waals surface area (Å²) in [6.07, 6.45) is 4.63. The number of amides is 1. The molecule has 0 N–H and O–H groups in total. The van der Waals surface area contributed by atoms with E-state index in [0.29, 0.717) is 23.8 Å². The fourth-order valence-corrected chi connectivity index (χ4v) is 3.20. The zero-order chi connectivity index (χ0) is 13.9. The van der Waals surface area contributed by atoms with Crippen molar-refractivity contribution < 1.29 is 4.79 Å². The third kappa shape index (κ3) is 2.73. The van der Waals surface area contributed by atoms with Crippen molar-refractivity contribution >= 4 is 5.91 Å². The molecule has 18 heavy (non-hydrogen) atoms. The number of rotatable bonds is 3. The Morgan fingerprint density at radius 2 is 1.72 bits per heavy atom. The van der Waals surface area contributed by atoms with Crippen LogP contribution in [-0.4, -0.2) is 23.4 Å². The highest BCUT2D eigenvalue weighted by atomic mass is 16.2. The number of likely N-dealkylation sites (tertiary alicyclic amines) is 1. The summed E-state index contributed by atoms with van der Waals surface area (Å²) < 4.78 is 0. The summed E-state index contributed by atoms with van der Waals surface area (Å²) in [5.74, 6) is 1.57. The third-order valence-corrected chi connectivity index (χ3v) is 4.65. The smallest absolute Gasteiger partial charge is 0.229 e. The molecule has 0 aromatic rings. The Labute approximate surface area is 113 Å². The maximum atomic E-state index is 12.6. The van der Waals surface area contributed by atoms with Crippen LogP contribution in [0.1, 0.15) is 67.2 Å². The molecule has 1 heterocycles. The predicted molar refractivity (Wildman–Crippen MR) is 77.4 cm³/mol. The minimum atomic E-state index is 0.0253. The highest BCUT2D eigenvalue weighted by Gasteiger charge is 2.55. The molecular formula is C16H31NO. The summed E-state index contributed by atoms with van der Waals surface area (Å²) in [6, 6.07) is 0.503. The normalized spacial score (nSPS) is 25.1. The monoisotopic (exact) mass is 253 g/mol. The van der Waals surface area contributed by atoms with Crippen LogP contribution in [0.25, 0.3) is 0 Å². The fourth-order valence-electron chi connectivity index (χ4n) is 3.20. The molecule has 1 aliphatic carbocycles. The lowest BCUT2D eigenvalue weighted by atomic mass is 9.90. The Morgan fingerprint density at radius 3 is 2.11 bits per heavy atom. The summed E-state index contributed by atoms with van der Waals surface area (Å²) in [5.41, 5.74) is 0.0253. The van der Waals surface area contributed by atoms with E-state index in [4.69, 9.17) is 0 Å². The van der Waals surface area contributed by atoms with Crippen LogP contribution in [0.4, 0.5) is 0 Å². The van der Waals surface area contributed by atoms with Crippen molar-refractivity contribution in [2.45, 2.75) is 73.3 Å². The van der Waals surface area contributed by atoms with Gasteiger partial charge in [0.2, 0.25) is 5.91 Å². The minimum absolute atomic E-state index is 0.0253. The highest BCUT2D eigenvalue weighted by Crippen LogP contribution is 2.54. The van der Waals surface area contributed by atoms with Crippen LogP contribution in [0.15, 0.2) is 0 Å². The second-order valence-corrected chi connectivity index (χ2v) is 6.26. The van der Waals surface area contributed by atoms with Gasteiger partial charge in [0.25, 0.3) is 0 Å². The predicted octanol–water partition coefficient (Wildman–Crippen LogP) is 4.10. The molecule has 0 aromatic carbocycles. The first-order valence-corrected chi connectivity index (χ1v) is 7.80. The van der Waals surface area contributed by atoms with Crippen LogP contribution >= 0.6 is 0 Å². The van der Waals surface area contributed by atoms with E-state index in [0.717, 1.165) is 19.4 Å². The van der Waals surface area contributed by atoms with E-state index in [1.807, 2.05) is 13.8 Å². The van der Waals surface area contributed by atoms with Gasteiger partial charge in [-0.3, -0.25) is 4.79 Å². The fraction of sp³-hybridized carbons (Fsp3) is 0.938. The van der Waals surface area contributed by atoms with E-state index >= 15 is 0 Å². The Hall–Kier alpha value is -0.530. The first-order chi connectivity index (χ1) is 8.49. The molecule has 0 aromatic heterocycles. The largest absolute Gasteiger partial charge is 0.339 e. The van der Waals surface area contributed by atoms with E-state index in [-0.39, 0.29) is 5.41 Å². The molecule has 1 atom stereocenters. The van der Waals surface area contributed by atoms with Crippen LogP contribution in [0, 0.1) is 17.3 Å². The molecule has 1 amide bonds. The van der Waals surface area contributed by atoms with Gasteiger partial charge in [0.1, 0.15) is 0 Å². The van der Waals surface area contributed by atoms with Gasteiger partial charge in [-0.2, -0.15) is 0 Å². The Morgan fingerprint density at radius 1 is 1.17 bits per heavy atom. The molecule has 2 fully saturated rings. The third-order valence-electron chi connectivity index (χ3n) is 4.65.